The van der Waals surface area contributed by atoms with Crippen molar-refractivity contribution in [1.82, 2.24) is 0 Å². The molecule has 44 valence electrons. The van der Waals surface area contributed by atoms with Gasteiger partial charge in [0, 0.05) is 6.04 Å². The molecule has 1 aliphatic rings. The Hall–Kier alpha value is 0.250. The largest absolute Gasteiger partial charge is 0.327 e. The van der Waals surface area contributed by atoms with Crippen LogP contribution in [0.3, 0.4) is 0 Å². The summed E-state index contributed by atoms with van der Waals surface area (Å²) in [5.41, 5.74) is 5.48. The summed E-state index contributed by atoms with van der Waals surface area (Å²) < 4.78 is 0. The Bertz CT molecular complexity index is 54.0. The molecule has 1 saturated carbocycles. The van der Waals surface area contributed by atoms with E-state index in [0.717, 1.165) is 5.92 Å². The highest BCUT2D eigenvalue weighted by Crippen LogP contribution is 2.30. The van der Waals surface area contributed by atoms with E-state index in [9.17, 15) is 0 Å². The first-order chi connectivity index (χ1) is 2.84. The van der Waals surface area contributed by atoms with Gasteiger partial charge in [-0.05, 0) is 12.3 Å². The second kappa shape index (κ2) is 2.53. The molecule has 1 rings (SSSR count). The van der Waals surface area contributed by atoms with Crippen molar-refractivity contribution in [1.29, 1.82) is 0 Å². The fourth-order valence-electron chi connectivity index (χ4n) is 0.740. The van der Waals surface area contributed by atoms with E-state index in [1.54, 1.807) is 0 Å². The quantitative estimate of drug-likeness (QED) is 0.554. The van der Waals surface area contributed by atoms with Crippen molar-refractivity contribution in [2.75, 3.05) is 0 Å². The number of hydrogen-bond donors (Lipinski definition) is 1. The first kappa shape index (κ1) is 7.25. The molecule has 7 heavy (non-hydrogen) atoms. The molecular weight excluding hydrogens is 110 g/mol. The highest BCUT2D eigenvalue weighted by atomic mass is 35.5. The lowest BCUT2D eigenvalue weighted by Crippen LogP contribution is -2.00. The van der Waals surface area contributed by atoms with Crippen LogP contribution in [0.2, 0.25) is 0 Å². The maximum Gasteiger partial charge on any atom is 0.00708 e. The van der Waals surface area contributed by atoms with E-state index < -0.39 is 0 Å². The van der Waals surface area contributed by atoms with Gasteiger partial charge in [0.2, 0.25) is 0 Å². The van der Waals surface area contributed by atoms with Gasteiger partial charge in [-0.3, -0.25) is 0 Å². The summed E-state index contributed by atoms with van der Waals surface area (Å²) >= 11 is 0. The Morgan fingerprint density at radius 1 is 1.71 bits per heavy atom. The molecule has 0 heterocycles. The molecule has 1 fully saturated rings. The van der Waals surface area contributed by atoms with Crippen molar-refractivity contribution in [3.05, 3.63) is 0 Å². The van der Waals surface area contributed by atoms with Crippen LogP contribution in [0.5, 0.6) is 0 Å². The van der Waals surface area contributed by atoms with Crippen molar-refractivity contribution in [2.45, 2.75) is 25.8 Å². The average Bonchev–Trinajstić information content (AvgIpc) is 2.19. The second-order valence-electron chi connectivity index (χ2n) is 2.07. The van der Waals surface area contributed by atoms with Crippen LogP contribution in [-0.2, 0) is 0 Å². The lowest BCUT2D eigenvalue weighted by Gasteiger charge is -1.79. The molecule has 0 saturated heterocycles. The minimum absolute atomic E-state index is 0. The highest BCUT2D eigenvalue weighted by molar-refractivity contribution is 5.85. The number of halogens is 1. The zero-order chi connectivity index (χ0) is 4.57. The summed E-state index contributed by atoms with van der Waals surface area (Å²) in [5, 5.41) is 0. The van der Waals surface area contributed by atoms with Crippen LogP contribution in [-0.4, -0.2) is 6.04 Å². The summed E-state index contributed by atoms with van der Waals surface area (Å²) in [7, 11) is 0. The Labute approximate surface area is 50.7 Å². The van der Waals surface area contributed by atoms with E-state index >= 15 is 0 Å². The van der Waals surface area contributed by atoms with Gasteiger partial charge in [0.15, 0.2) is 0 Å². The SMILES string of the molecule is CC[C@H]1C[C@@H]1N.Cl. The van der Waals surface area contributed by atoms with Gasteiger partial charge in [-0.25, -0.2) is 0 Å². The van der Waals surface area contributed by atoms with E-state index in [1.165, 1.54) is 12.8 Å². The van der Waals surface area contributed by atoms with Gasteiger partial charge in [0.1, 0.15) is 0 Å². The Morgan fingerprint density at radius 3 is 2.14 bits per heavy atom. The number of rotatable bonds is 1. The standard InChI is InChI=1S/C5H11N.ClH/c1-2-4-3-5(4)6;/h4-5H,2-3,6H2,1H3;1H/t4-,5-;/m0./s1. The normalized spacial score (nSPS) is 36.9. The van der Waals surface area contributed by atoms with Crippen LogP contribution in [0, 0.1) is 5.92 Å². The van der Waals surface area contributed by atoms with Crippen LogP contribution in [0.1, 0.15) is 19.8 Å². The molecule has 2 N–H and O–H groups in total. The molecule has 0 bridgehead atoms. The molecule has 2 atom stereocenters. The third-order valence-electron chi connectivity index (χ3n) is 1.50. The molecular formula is C5H12ClN. The predicted octanol–water partition coefficient (Wildman–Crippen LogP) is 1.17. The zero-order valence-electron chi connectivity index (χ0n) is 4.55. The van der Waals surface area contributed by atoms with Gasteiger partial charge in [0.05, 0.1) is 0 Å². The summed E-state index contributed by atoms with van der Waals surface area (Å²) in [5.74, 6) is 0.880. The van der Waals surface area contributed by atoms with Gasteiger partial charge >= 0.3 is 0 Å². The summed E-state index contributed by atoms with van der Waals surface area (Å²) in [6, 6.07) is 0.565. The Balaban J connectivity index is 0.000000360. The Morgan fingerprint density at radius 2 is 2.14 bits per heavy atom. The molecule has 0 aromatic carbocycles. The molecule has 1 aliphatic carbocycles. The lowest BCUT2D eigenvalue weighted by molar-refractivity contribution is 0.759. The predicted molar refractivity (Wildman–Crippen MR) is 33.6 cm³/mol. The molecule has 0 aromatic heterocycles. The van der Waals surface area contributed by atoms with E-state index in [1.807, 2.05) is 0 Å². The van der Waals surface area contributed by atoms with Gasteiger partial charge in [-0.1, -0.05) is 13.3 Å². The van der Waals surface area contributed by atoms with Crippen molar-refractivity contribution < 1.29 is 0 Å². The molecule has 0 spiro atoms. The van der Waals surface area contributed by atoms with Gasteiger partial charge in [0.25, 0.3) is 0 Å². The maximum atomic E-state index is 5.48. The van der Waals surface area contributed by atoms with Crippen LogP contribution >= 0.6 is 12.4 Å². The first-order valence-electron chi connectivity index (χ1n) is 2.60. The molecule has 0 unspecified atom stereocenters. The molecule has 0 aliphatic heterocycles. The molecule has 1 nitrogen and oxygen atoms in total. The van der Waals surface area contributed by atoms with Crippen LogP contribution in [0.4, 0.5) is 0 Å². The minimum atomic E-state index is 0. The van der Waals surface area contributed by atoms with Crippen molar-refractivity contribution in [3.63, 3.8) is 0 Å². The Kier molecular flexibility index (Phi) is 2.62. The topological polar surface area (TPSA) is 26.0 Å². The molecule has 0 amide bonds. The summed E-state index contributed by atoms with van der Waals surface area (Å²) in [6.07, 6.45) is 2.55. The fourth-order valence-corrected chi connectivity index (χ4v) is 0.740. The zero-order valence-corrected chi connectivity index (χ0v) is 5.37. The average molecular weight is 122 g/mol. The van der Waals surface area contributed by atoms with Crippen LogP contribution < -0.4 is 5.73 Å². The summed E-state index contributed by atoms with van der Waals surface area (Å²) in [4.78, 5) is 0. The maximum absolute atomic E-state index is 5.48. The second-order valence-corrected chi connectivity index (χ2v) is 2.07. The number of nitrogens with two attached hydrogens (primary N) is 1. The highest BCUT2D eigenvalue weighted by Gasteiger charge is 2.30. The van der Waals surface area contributed by atoms with Crippen molar-refractivity contribution in [3.8, 4) is 0 Å². The summed E-state index contributed by atoms with van der Waals surface area (Å²) in [6.45, 7) is 2.19. The lowest BCUT2D eigenvalue weighted by atomic mass is 10.3. The first-order valence-corrected chi connectivity index (χ1v) is 2.60. The minimum Gasteiger partial charge on any atom is -0.327 e. The molecule has 0 radical (unpaired) electrons. The van der Waals surface area contributed by atoms with E-state index in [0.29, 0.717) is 6.04 Å². The third kappa shape index (κ3) is 1.66. The number of hydrogen-bond acceptors (Lipinski definition) is 1. The molecule has 0 aromatic rings. The van der Waals surface area contributed by atoms with E-state index in [2.05, 4.69) is 6.92 Å². The third-order valence-corrected chi connectivity index (χ3v) is 1.50. The van der Waals surface area contributed by atoms with Gasteiger partial charge < -0.3 is 5.73 Å². The fraction of sp³-hybridized carbons (Fsp3) is 1.00. The van der Waals surface area contributed by atoms with E-state index in [4.69, 9.17) is 5.73 Å². The smallest absolute Gasteiger partial charge is 0.00708 e. The van der Waals surface area contributed by atoms with Gasteiger partial charge in [-0.2, -0.15) is 0 Å². The molecule has 2 heteroatoms. The van der Waals surface area contributed by atoms with Crippen molar-refractivity contribution in [2.24, 2.45) is 11.7 Å². The van der Waals surface area contributed by atoms with E-state index in [-0.39, 0.29) is 12.4 Å². The van der Waals surface area contributed by atoms with Crippen LogP contribution in [0.15, 0.2) is 0 Å². The van der Waals surface area contributed by atoms with Crippen LogP contribution in [0.25, 0.3) is 0 Å². The van der Waals surface area contributed by atoms with Gasteiger partial charge in [-0.15, -0.1) is 12.4 Å². The monoisotopic (exact) mass is 121 g/mol. The van der Waals surface area contributed by atoms with Crippen molar-refractivity contribution >= 4 is 12.4 Å².